The summed E-state index contributed by atoms with van der Waals surface area (Å²) in [5.74, 6) is 1.66. The van der Waals surface area contributed by atoms with Crippen LogP contribution in [0.1, 0.15) is 19.5 Å². The van der Waals surface area contributed by atoms with Crippen LogP contribution in [0.15, 0.2) is 42.0 Å². The lowest BCUT2D eigenvalue weighted by atomic mass is 10.2. The number of nitrogens with zero attached hydrogens (tertiary/aromatic N) is 3. The molecule has 0 saturated heterocycles. The number of benzene rings is 1. The first-order valence-electron chi connectivity index (χ1n) is 8.61. The van der Waals surface area contributed by atoms with Gasteiger partial charge in [-0.1, -0.05) is 0 Å². The van der Waals surface area contributed by atoms with E-state index < -0.39 is 0 Å². The van der Waals surface area contributed by atoms with Gasteiger partial charge in [0.1, 0.15) is 0 Å². The van der Waals surface area contributed by atoms with Crippen molar-refractivity contribution in [1.82, 2.24) is 15.0 Å². The molecule has 0 atom stereocenters. The Hall–Kier alpha value is -3.00. The molecule has 0 unspecified atom stereocenters. The Morgan fingerprint density at radius 1 is 1.11 bits per heavy atom. The van der Waals surface area contributed by atoms with Gasteiger partial charge in [0.25, 0.3) is 0 Å². The number of rotatable bonds is 8. The van der Waals surface area contributed by atoms with Crippen LogP contribution in [0.5, 0.6) is 11.5 Å². The Morgan fingerprint density at radius 2 is 1.85 bits per heavy atom. The SMILES string of the molecule is CCOc1ccc(NC(=O)Cc2csc(-c3ncccn3)n2)cc1OCC. The minimum Gasteiger partial charge on any atom is -0.490 e. The second kappa shape index (κ2) is 9.09. The summed E-state index contributed by atoms with van der Waals surface area (Å²) in [6, 6.07) is 7.09. The maximum atomic E-state index is 12.4. The van der Waals surface area contributed by atoms with Crippen molar-refractivity contribution >= 4 is 22.9 Å². The van der Waals surface area contributed by atoms with E-state index >= 15 is 0 Å². The minimum absolute atomic E-state index is 0.160. The smallest absolute Gasteiger partial charge is 0.230 e. The molecular formula is C19H20N4O3S. The molecule has 0 aliphatic carbocycles. The van der Waals surface area contributed by atoms with Gasteiger partial charge in [0, 0.05) is 29.5 Å². The molecule has 0 saturated carbocycles. The van der Waals surface area contributed by atoms with Crippen LogP contribution >= 0.6 is 11.3 Å². The minimum atomic E-state index is -0.160. The van der Waals surface area contributed by atoms with Crippen molar-refractivity contribution in [3.8, 4) is 22.3 Å². The van der Waals surface area contributed by atoms with E-state index in [0.717, 1.165) is 0 Å². The molecule has 3 aromatic rings. The van der Waals surface area contributed by atoms with Gasteiger partial charge in [0.15, 0.2) is 22.3 Å². The Labute approximate surface area is 161 Å². The summed E-state index contributed by atoms with van der Waals surface area (Å²) in [6.45, 7) is 4.87. The zero-order valence-electron chi connectivity index (χ0n) is 15.1. The lowest BCUT2D eigenvalue weighted by Crippen LogP contribution is -2.14. The number of thiazole rings is 1. The molecule has 0 fully saturated rings. The molecule has 3 rings (SSSR count). The number of anilines is 1. The van der Waals surface area contributed by atoms with Gasteiger partial charge in [-0.2, -0.15) is 0 Å². The van der Waals surface area contributed by atoms with Gasteiger partial charge < -0.3 is 14.8 Å². The molecule has 0 aliphatic heterocycles. The van der Waals surface area contributed by atoms with E-state index in [2.05, 4.69) is 20.3 Å². The first-order chi connectivity index (χ1) is 13.2. The van der Waals surface area contributed by atoms with Gasteiger partial charge in [0.2, 0.25) is 5.91 Å². The summed E-state index contributed by atoms with van der Waals surface area (Å²) in [5.41, 5.74) is 1.32. The van der Waals surface area contributed by atoms with Gasteiger partial charge in [0.05, 0.1) is 25.3 Å². The van der Waals surface area contributed by atoms with Crippen molar-refractivity contribution < 1.29 is 14.3 Å². The average molecular weight is 384 g/mol. The molecule has 7 nitrogen and oxygen atoms in total. The molecule has 1 aromatic carbocycles. The number of aromatic nitrogens is 3. The van der Waals surface area contributed by atoms with Crippen LogP contribution in [-0.4, -0.2) is 34.1 Å². The monoisotopic (exact) mass is 384 g/mol. The Morgan fingerprint density at radius 3 is 2.59 bits per heavy atom. The predicted octanol–water partition coefficient (Wildman–Crippen LogP) is 3.58. The van der Waals surface area contributed by atoms with E-state index in [1.807, 2.05) is 19.2 Å². The van der Waals surface area contributed by atoms with E-state index in [1.54, 1.807) is 36.7 Å². The molecule has 0 spiro atoms. The summed E-state index contributed by atoms with van der Waals surface area (Å²) in [5, 5.41) is 5.40. The van der Waals surface area contributed by atoms with Crippen LogP contribution in [0, 0.1) is 0 Å². The quantitative estimate of drug-likeness (QED) is 0.639. The highest BCUT2D eigenvalue weighted by atomic mass is 32.1. The fraction of sp³-hybridized carbons (Fsp3) is 0.263. The van der Waals surface area contributed by atoms with E-state index in [4.69, 9.17) is 9.47 Å². The van der Waals surface area contributed by atoms with Crippen molar-refractivity contribution in [2.45, 2.75) is 20.3 Å². The van der Waals surface area contributed by atoms with E-state index in [0.29, 0.717) is 46.9 Å². The number of hydrogen-bond acceptors (Lipinski definition) is 7. The summed E-state index contributed by atoms with van der Waals surface area (Å²) in [7, 11) is 0. The second-order valence-corrected chi connectivity index (χ2v) is 6.33. The second-order valence-electron chi connectivity index (χ2n) is 5.47. The Bertz CT molecular complexity index is 899. The van der Waals surface area contributed by atoms with Crippen LogP contribution in [0.25, 0.3) is 10.8 Å². The van der Waals surface area contributed by atoms with Crippen molar-refractivity contribution in [2.24, 2.45) is 0 Å². The normalized spacial score (nSPS) is 10.4. The van der Waals surface area contributed by atoms with Gasteiger partial charge in [-0.3, -0.25) is 4.79 Å². The van der Waals surface area contributed by atoms with Crippen LogP contribution in [-0.2, 0) is 11.2 Å². The van der Waals surface area contributed by atoms with Crippen molar-refractivity contribution in [2.75, 3.05) is 18.5 Å². The summed E-state index contributed by atoms with van der Waals surface area (Å²) >= 11 is 1.41. The predicted molar refractivity (Wildman–Crippen MR) is 104 cm³/mol. The highest BCUT2D eigenvalue weighted by Crippen LogP contribution is 2.30. The molecule has 1 amide bonds. The largest absolute Gasteiger partial charge is 0.490 e. The third-order valence-electron chi connectivity index (χ3n) is 3.48. The molecule has 2 aromatic heterocycles. The molecule has 1 N–H and O–H groups in total. The standard InChI is InChI=1S/C19H20N4O3S/c1-3-25-15-7-6-13(10-16(15)26-4-2)22-17(24)11-14-12-27-19(23-14)18-20-8-5-9-21-18/h5-10,12H,3-4,11H2,1-2H3,(H,22,24). The van der Waals surface area contributed by atoms with Crippen LogP contribution in [0.4, 0.5) is 5.69 Å². The van der Waals surface area contributed by atoms with Crippen molar-refractivity contribution in [1.29, 1.82) is 0 Å². The van der Waals surface area contributed by atoms with Gasteiger partial charge in [-0.25, -0.2) is 15.0 Å². The molecule has 0 aliphatic rings. The van der Waals surface area contributed by atoms with Crippen LogP contribution in [0.3, 0.4) is 0 Å². The number of nitrogens with one attached hydrogen (secondary N) is 1. The Kier molecular flexibility index (Phi) is 6.32. The zero-order valence-corrected chi connectivity index (χ0v) is 16.0. The lowest BCUT2D eigenvalue weighted by molar-refractivity contribution is -0.115. The summed E-state index contributed by atoms with van der Waals surface area (Å²) in [4.78, 5) is 25.1. The average Bonchev–Trinajstić information content (AvgIpc) is 3.13. The number of carbonyl (C=O) groups excluding carboxylic acids is 1. The maximum Gasteiger partial charge on any atom is 0.230 e. The van der Waals surface area contributed by atoms with Gasteiger partial charge in [-0.15, -0.1) is 11.3 Å². The zero-order chi connectivity index (χ0) is 19.1. The van der Waals surface area contributed by atoms with Gasteiger partial charge >= 0.3 is 0 Å². The first-order valence-corrected chi connectivity index (χ1v) is 9.48. The highest BCUT2D eigenvalue weighted by molar-refractivity contribution is 7.13. The molecule has 2 heterocycles. The summed E-state index contributed by atoms with van der Waals surface area (Å²) in [6.07, 6.45) is 3.50. The fourth-order valence-corrected chi connectivity index (χ4v) is 3.16. The van der Waals surface area contributed by atoms with Crippen LogP contribution in [0.2, 0.25) is 0 Å². The fourth-order valence-electron chi connectivity index (χ4n) is 2.40. The molecule has 8 heteroatoms. The third kappa shape index (κ3) is 5.01. The molecule has 140 valence electrons. The number of hydrogen-bond donors (Lipinski definition) is 1. The molecule has 0 radical (unpaired) electrons. The maximum absolute atomic E-state index is 12.4. The van der Waals surface area contributed by atoms with E-state index in [-0.39, 0.29) is 12.3 Å². The number of amides is 1. The van der Waals surface area contributed by atoms with E-state index in [1.165, 1.54) is 11.3 Å². The van der Waals surface area contributed by atoms with Crippen molar-refractivity contribution in [3.05, 3.63) is 47.7 Å². The topological polar surface area (TPSA) is 86.2 Å². The molecule has 0 bridgehead atoms. The third-order valence-corrected chi connectivity index (χ3v) is 4.36. The van der Waals surface area contributed by atoms with Gasteiger partial charge in [-0.05, 0) is 32.0 Å². The number of ether oxygens (including phenoxy) is 2. The number of carbonyl (C=O) groups is 1. The Balaban J connectivity index is 1.66. The first kappa shape index (κ1) is 18.8. The summed E-state index contributed by atoms with van der Waals surface area (Å²) < 4.78 is 11.1. The van der Waals surface area contributed by atoms with Crippen molar-refractivity contribution in [3.63, 3.8) is 0 Å². The van der Waals surface area contributed by atoms with Crippen LogP contribution < -0.4 is 14.8 Å². The lowest BCUT2D eigenvalue weighted by Gasteiger charge is -2.12. The molecule has 27 heavy (non-hydrogen) atoms. The highest BCUT2D eigenvalue weighted by Gasteiger charge is 2.12. The van der Waals surface area contributed by atoms with E-state index in [9.17, 15) is 4.79 Å². The molecular weight excluding hydrogens is 364 g/mol.